The van der Waals surface area contributed by atoms with Crippen LogP contribution in [0.25, 0.3) is 0 Å². The maximum absolute atomic E-state index is 12.0. The third-order valence-electron chi connectivity index (χ3n) is 3.93. The quantitative estimate of drug-likeness (QED) is 0.768. The molecule has 2 amide bonds. The van der Waals surface area contributed by atoms with Gasteiger partial charge in [-0.2, -0.15) is 0 Å². The lowest BCUT2D eigenvalue weighted by Crippen LogP contribution is -2.40. The highest BCUT2D eigenvalue weighted by Crippen LogP contribution is 2.27. The van der Waals surface area contributed by atoms with Crippen molar-refractivity contribution >= 4 is 33.6 Å². The molecule has 1 atom stereocenters. The molecule has 6 heteroatoms. The van der Waals surface area contributed by atoms with E-state index in [9.17, 15) is 9.59 Å². The fraction of sp³-hybridized carbons (Fsp3) is 0.467. The third-order valence-corrected chi connectivity index (χ3v) is 4.42. The molecule has 0 aliphatic heterocycles. The molecule has 0 heterocycles. The molecule has 0 aromatic heterocycles. The van der Waals surface area contributed by atoms with Gasteiger partial charge in [0.2, 0.25) is 0 Å². The molecular formula is C15H19BrN2O3. The number of aromatic carboxylic acids is 1. The average Bonchev–Trinajstić information content (AvgIpc) is 2.94. The van der Waals surface area contributed by atoms with Crippen molar-refractivity contribution in [1.82, 2.24) is 5.32 Å². The Hall–Kier alpha value is -1.56. The molecule has 3 N–H and O–H groups in total. The van der Waals surface area contributed by atoms with E-state index in [0.29, 0.717) is 16.1 Å². The van der Waals surface area contributed by atoms with Gasteiger partial charge < -0.3 is 15.7 Å². The van der Waals surface area contributed by atoms with E-state index in [4.69, 9.17) is 5.11 Å². The van der Waals surface area contributed by atoms with E-state index >= 15 is 0 Å². The Balaban J connectivity index is 2.00. The molecule has 2 rings (SSSR count). The summed E-state index contributed by atoms with van der Waals surface area (Å²) in [6.45, 7) is 2.00. The number of nitrogens with one attached hydrogen (secondary N) is 2. The second kappa shape index (κ2) is 6.93. The summed E-state index contributed by atoms with van der Waals surface area (Å²) < 4.78 is 0.658. The second-order valence-electron chi connectivity index (χ2n) is 5.43. The van der Waals surface area contributed by atoms with Gasteiger partial charge in [-0.1, -0.05) is 28.8 Å². The highest BCUT2D eigenvalue weighted by molar-refractivity contribution is 9.10. The molecular weight excluding hydrogens is 336 g/mol. The zero-order valence-corrected chi connectivity index (χ0v) is 13.4. The summed E-state index contributed by atoms with van der Waals surface area (Å²) >= 11 is 3.22. The van der Waals surface area contributed by atoms with E-state index in [1.54, 1.807) is 12.1 Å². The Kier molecular flexibility index (Phi) is 5.22. The van der Waals surface area contributed by atoms with E-state index in [2.05, 4.69) is 26.6 Å². The first-order chi connectivity index (χ1) is 9.97. The number of carboxylic acid groups (broad SMARTS) is 1. The summed E-state index contributed by atoms with van der Waals surface area (Å²) in [5.41, 5.74) is 0.356. The highest BCUT2D eigenvalue weighted by atomic mass is 79.9. The van der Waals surface area contributed by atoms with Crippen molar-refractivity contribution in [3.63, 3.8) is 0 Å². The molecule has 114 valence electrons. The molecule has 0 saturated heterocycles. The first-order valence-electron chi connectivity index (χ1n) is 7.07. The van der Waals surface area contributed by atoms with E-state index in [1.807, 2.05) is 6.92 Å². The summed E-state index contributed by atoms with van der Waals surface area (Å²) in [5.74, 6) is -0.560. The number of carbonyl (C=O) groups is 2. The molecule has 5 nitrogen and oxygen atoms in total. The van der Waals surface area contributed by atoms with Gasteiger partial charge in [0.05, 0.1) is 11.3 Å². The molecule has 1 fully saturated rings. The molecule has 1 aliphatic carbocycles. The van der Waals surface area contributed by atoms with Crippen LogP contribution in [0.4, 0.5) is 10.5 Å². The van der Waals surface area contributed by atoms with Crippen LogP contribution in [0.2, 0.25) is 0 Å². The van der Waals surface area contributed by atoms with Gasteiger partial charge in [-0.3, -0.25) is 0 Å². The van der Waals surface area contributed by atoms with Crippen LogP contribution >= 0.6 is 15.9 Å². The van der Waals surface area contributed by atoms with E-state index in [1.165, 1.54) is 18.9 Å². The third kappa shape index (κ3) is 4.20. The SMILES string of the molecule is CC(NC(=O)Nc1ccc(Br)cc1C(=O)O)C1CCCC1. The Bertz CT molecular complexity index is 542. The number of hydrogen-bond acceptors (Lipinski definition) is 2. The van der Waals surface area contributed by atoms with Crippen molar-refractivity contribution in [3.05, 3.63) is 28.2 Å². The first kappa shape index (κ1) is 15.8. The first-order valence-corrected chi connectivity index (χ1v) is 7.87. The number of rotatable bonds is 4. The van der Waals surface area contributed by atoms with Gasteiger partial charge in [0.25, 0.3) is 0 Å². The van der Waals surface area contributed by atoms with Gasteiger partial charge in [-0.25, -0.2) is 9.59 Å². The van der Waals surface area contributed by atoms with Crippen molar-refractivity contribution < 1.29 is 14.7 Å². The van der Waals surface area contributed by atoms with Crippen LogP contribution in [0, 0.1) is 5.92 Å². The van der Waals surface area contributed by atoms with Gasteiger partial charge in [0, 0.05) is 10.5 Å². The molecule has 0 spiro atoms. The molecule has 1 aliphatic rings. The van der Waals surface area contributed by atoms with E-state index in [0.717, 1.165) is 12.8 Å². The van der Waals surface area contributed by atoms with Crippen LogP contribution in [0.3, 0.4) is 0 Å². The zero-order chi connectivity index (χ0) is 15.4. The maximum Gasteiger partial charge on any atom is 0.337 e. The predicted molar refractivity (Wildman–Crippen MR) is 84.7 cm³/mol. The minimum Gasteiger partial charge on any atom is -0.478 e. The Morgan fingerprint density at radius 3 is 2.62 bits per heavy atom. The fourth-order valence-electron chi connectivity index (χ4n) is 2.74. The van der Waals surface area contributed by atoms with Crippen LogP contribution in [0.1, 0.15) is 43.0 Å². The molecule has 0 bridgehead atoms. The summed E-state index contributed by atoms with van der Waals surface area (Å²) in [6, 6.07) is 4.48. The van der Waals surface area contributed by atoms with Crippen LogP contribution in [0.5, 0.6) is 0 Å². The normalized spacial score (nSPS) is 16.5. The standard InChI is InChI=1S/C15H19BrN2O3/c1-9(10-4-2-3-5-10)17-15(21)18-13-7-6-11(16)8-12(13)14(19)20/h6-10H,2-5H2,1H3,(H,19,20)(H2,17,18,21). The predicted octanol–water partition coefficient (Wildman–Crippen LogP) is 3.85. The van der Waals surface area contributed by atoms with E-state index < -0.39 is 5.97 Å². The molecule has 21 heavy (non-hydrogen) atoms. The summed E-state index contributed by atoms with van der Waals surface area (Å²) in [7, 11) is 0. The van der Waals surface area contributed by atoms with Crippen molar-refractivity contribution in [1.29, 1.82) is 0 Å². The van der Waals surface area contributed by atoms with Crippen LogP contribution in [0.15, 0.2) is 22.7 Å². The zero-order valence-electron chi connectivity index (χ0n) is 11.9. The van der Waals surface area contributed by atoms with Crippen molar-refractivity contribution in [3.8, 4) is 0 Å². The van der Waals surface area contributed by atoms with Crippen molar-refractivity contribution in [2.45, 2.75) is 38.6 Å². The number of benzene rings is 1. The van der Waals surface area contributed by atoms with Gasteiger partial charge in [0.1, 0.15) is 0 Å². The molecule has 1 aromatic carbocycles. The summed E-state index contributed by atoms with van der Waals surface area (Å²) in [6.07, 6.45) is 4.71. The lowest BCUT2D eigenvalue weighted by atomic mass is 10.0. The summed E-state index contributed by atoms with van der Waals surface area (Å²) in [4.78, 5) is 23.2. The molecule has 0 radical (unpaired) electrons. The van der Waals surface area contributed by atoms with Gasteiger partial charge >= 0.3 is 12.0 Å². The maximum atomic E-state index is 12.0. The molecule has 1 aromatic rings. The number of carboxylic acids is 1. The number of halogens is 1. The number of amides is 2. The summed E-state index contributed by atoms with van der Waals surface area (Å²) in [5, 5.41) is 14.7. The van der Waals surface area contributed by atoms with Gasteiger partial charge in [-0.15, -0.1) is 0 Å². The van der Waals surface area contributed by atoms with Gasteiger partial charge in [-0.05, 0) is 43.9 Å². The van der Waals surface area contributed by atoms with Crippen LogP contribution in [-0.4, -0.2) is 23.1 Å². The minimum atomic E-state index is -1.07. The minimum absolute atomic E-state index is 0.0630. The smallest absolute Gasteiger partial charge is 0.337 e. The fourth-order valence-corrected chi connectivity index (χ4v) is 3.10. The largest absolute Gasteiger partial charge is 0.478 e. The second-order valence-corrected chi connectivity index (χ2v) is 6.34. The van der Waals surface area contributed by atoms with Crippen molar-refractivity contribution in [2.75, 3.05) is 5.32 Å². The number of carbonyl (C=O) groups excluding carboxylic acids is 1. The lowest BCUT2D eigenvalue weighted by molar-refractivity contribution is 0.0698. The number of urea groups is 1. The number of anilines is 1. The molecule has 1 saturated carbocycles. The van der Waals surface area contributed by atoms with Crippen LogP contribution in [-0.2, 0) is 0 Å². The number of hydrogen-bond donors (Lipinski definition) is 3. The van der Waals surface area contributed by atoms with Crippen LogP contribution < -0.4 is 10.6 Å². The average molecular weight is 355 g/mol. The van der Waals surface area contributed by atoms with Gasteiger partial charge in [0.15, 0.2) is 0 Å². The Morgan fingerprint density at radius 1 is 1.33 bits per heavy atom. The lowest BCUT2D eigenvalue weighted by Gasteiger charge is -2.21. The van der Waals surface area contributed by atoms with E-state index in [-0.39, 0.29) is 17.6 Å². The Labute approximate surface area is 132 Å². The van der Waals surface area contributed by atoms with Crippen molar-refractivity contribution in [2.24, 2.45) is 5.92 Å². The molecule has 1 unspecified atom stereocenters. The monoisotopic (exact) mass is 354 g/mol. The topological polar surface area (TPSA) is 78.4 Å². The highest BCUT2D eigenvalue weighted by Gasteiger charge is 2.23. The Morgan fingerprint density at radius 2 is 2.00 bits per heavy atom.